The van der Waals surface area contributed by atoms with Crippen LogP contribution in [0.5, 0.6) is 0 Å². The number of rotatable bonds is 5. The summed E-state index contributed by atoms with van der Waals surface area (Å²) < 4.78 is 6.56. The molecular formula is C24H26N4O5. The Balaban J connectivity index is 1.37. The molecule has 1 aliphatic rings. The number of carbonyl (C=O) groups is 2. The van der Waals surface area contributed by atoms with Gasteiger partial charge in [-0.05, 0) is 43.7 Å². The molecule has 1 aromatic heterocycles. The van der Waals surface area contributed by atoms with Crippen LogP contribution in [-0.2, 0) is 22.6 Å². The van der Waals surface area contributed by atoms with Crippen LogP contribution in [0.15, 0.2) is 58.1 Å². The molecule has 2 aromatic carbocycles. The van der Waals surface area contributed by atoms with Gasteiger partial charge in [0.2, 0.25) is 5.91 Å². The number of benzene rings is 2. The molecule has 2 heterocycles. The van der Waals surface area contributed by atoms with Gasteiger partial charge >= 0.3 is 5.69 Å². The van der Waals surface area contributed by atoms with Crippen molar-refractivity contribution >= 4 is 22.7 Å². The van der Waals surface area contributed by atoms with Crippen LogP contribution in [0.1, 0.15) is 29.8 Å². The first-order valence-electron chi connectivity index (χ1n) is 10.8. The number of carbonyl (C=O) groups excluding carboxylic acids is 2. The van der Waals surface area contributed by atoms with E-state index in [0.29, 0.717) is 29.6 Å². The third-order valence-electron chi connectivity index (χ3n) is 5.59. The molecule has 0 bridgehead atoms. The van der Waals surface area contributed by atoms with Gasteiger partial charge in [0.15, 0.2) is 0 Å². The highest BCUT2D eigenvalue weighted by molar-refractivity contribution is 5.94. The van der Waals surface area contributed by atoms with Crippen molar-refractivity contribution in [2.75, 3.05) is 13.1 Å². The van der Waals surface area contributed by atoms with E-state index >= 15 is 0 Å². The SMILES string of the molecule is CC1CN(C(=O)c2ccc(CNC(=O)Cn3c(=O)[nH]c4ccccc4c3=O)cc2)CC(C)O1. The Kier molecular flexibility index (Phi) is 6.41. The first kappa shape index (κ1) is 22.5. The van der Waals surface area contributed by atoms with Gasteiger partial charge in [0, 0.05) is 25.2 Å². The number of H-pyrrole nitrogens is 1. The molecule has 33 heavy (non-hydrogen) atoms. The van der Waals surface area contributed by atoms with Crippen LogP contribution in [0.3, 0.4) is 0 Å². The molecule has 172 valence electrons. The average molecular weight is 450 g/mol. The molecule has 0 saturated carbocycles. The lowest BCUT2D eigenvalue weighted by molar-refractivity contribution is -0.121. The molecule has 4 rings (SSSR count). The standard InChI is InChI=1S/C24H26N4O5/c1-15-12-27(13-16(2)33-15)22(30)18-9-7-17(8-10-18)11-25-21(29)14-28-23(31)19-5-3-4-6-20(19)26-24(28)32/h3-10,15-16H,11-14H2,1-2H3,(H,25,29)(H,26,32). The van der Waals surface area contributed by atoms with E-state index in [1.54, 1.807) is 53.4 Å². The fourth-order valence-corrected chi connectivity index (χ4v) is 4.03. The van der Waals surface area contributed by atoms with Crippen LogP contribution in [0, 0.1) is 0 Å². The Bertz CT molecular complexity index is 1280. The Labute approximate surface area is 190 Å². The number of fused-ring (bicyclic) bond motifs is 1. The number of aromatic nitrogens is 2. The maximum atomic E-state index is 12.8. The lowest BCUT2D eigenvalue weighted by Gasteiger charge is -2.35. The number of nitrogens with zero attached hydrogens (tertiary/aromatic N) is 2. The lowest BCUT2D eigenvalue weighted by Crippen LogP contribution is -2.48. The largest absolute Gasteiger partial charge is 0.372 e. The van der Waals surface area contributed by atoms with Crippen molar-refractivity contribution in [3.05, 3.63) is 80.5 Å². The highest BCUT2D eigenvalue weighted by Crippen LogP contribution is 2.15. The van der Waals surface area contributed by atoms with Gasteiger partial charge in [-0.25, -0.2) is 4.79 Å². The van der Waals surface area contributed by atoms with Gasteiger partial charge in [-0.15, -0.1) is 0 Å². The molecule has 2 N–H and O–H groups in total. The van der Waals surface area contributed by atoms with Gasteiger partial charge in [0.1, 0.15) is 6.54 Å². The Morgan fingerprint density at radius 2 is 1.70 bits per heavy atom. The van der Waals surface area contributed by atoms with Crippen molar-refractivity contribution in [1.29, 1.82) is 0 Å². The molecule has 2 unspecified atom stereocenters. The monoisotopic (exact) mass is 450 g/mol. The molecule has 3 aromatic rings. The minimum atomic E-state index is -0.636. The molecule has 9 nitrogen and oxygen atoms in total. The third-order valence-corrected chi connectivity index (χ3v) is 5.59. The molecular weight excluding hydrogens is 424 g/mol. The normalized spacial score (nSPS) is 18.3. The van der Waals surface area contributed by atoms with Crippen LogP contribution >= 0.6 is 0 Å². The van der Waals surface area contributed by atoms with Crippen molar-refractivity contribution < 1.29 is 14.3 Å². The van der Waals surface area contributed by atoms with E-state index in [1.165, 1.54) is 0 Å². The number of ether oxygens (including phenoxy) is 1. The summed E-state index contributed by atoms with van der Waals surface area (Å²) in [4.78, 5) is 54.3. The summed E-state index contributed by atoms with van der Waals surface area (Å²) >= 11 is 0. The average Bonchev–Trinajstić information content (AvgIpc) is 2.79. The second-order valence-corrected chi connectivity index (χ2v) is 8.31. The fourth-order valence-electron chi connectivity index (χ4n) is 4.03. The number of aromatic amines is 1. The smallest absolute Gasteiger partial charge is 0.329 e. The van der Waals surface area contributed by atoms with Crippen molar-refractivity contribution in [3.8, 4) is 0 Å². The second kappa shape index (κ2) is 9.41. The van der Waals surface area contributed by atoms with Gasteiger partial charge in [-0.3, -0.25) is 19.0 Å². The van der Waals surface area contributed by atoms with Crippen molar-refractivity contribution in [2.45, 2.75) is 39.1 Å². The van der Waals surface area contributed by atoms with Crippen LogP contribution < -0.4 is 16.6 Å². The zero-order chi connectivity index (χ0) is 23.5. The van der Waals surface area contributed by atoms with E-state index in [2.05, 4.69) is 10.3 Å². The summed E-state index contributed by atoms with van der Waals surface area (Å²) in [5.74, 6) is -0.517. The highest BCUT2D eigenvalue weighted by atomic mass is 16.5. The Hall–Kier alpha value is -3.72. The summed E-state index contributed by atoms with van der Waals surface area (Å²) in [6.07, 6.45) is -0.0101. The fraction of sp³-hybridized carbons (Fsp3) is 0.333. The maximum Gasteiger partial charge on any atom is 0.329 e. The van der Waals surface area contributed by atoms with Crippen LogP contribution in [0.2, 0.25) is 0 Å². The molecule has 1 aliphatic heterocycles. The summed E-state index contributed by atoms with van der Waals surface area (Å²) in [6, 6.07) is 13.7. The zero-order valence-electron chi connectivity index (χ0n) is 18.5. The van der Waals surface area contributed by atoms with Gasteiger partial charge in [-0.1, -0.05) is 24.3 Å². The summed E-state index contributed by atoms with van der Waals surface area (Å²) in [7, 11) is 0. The maximum absolute atomic E-state index is 12.8. The Morgan fingerprint density at radius 1 is 1.03 bits per heavy atom. The molecule has 0 aliphatic carbocycles. The first-order valence-corrected chi connectivity index (χ1v) is 10.8. The number of amides is 2. The third kappa shape index (κ3) is 5.04. The van der Waals surface area contributed by atoms with Crippen LogP contribution in [0.25, 0.3) is 10.9 Å². The molecule has 2 atom stereocenters. The van der Waals surface area contributed by atoms with Gasteiger partial charge in [0.05, 0.1) is 23.1 Å². The van der Waals surface area contributed by atoms with E-state index in [1.807, 2.05) is 13.8 Å². The minimum Gasteiger partial charge on any atom is -0.372 e. The molecule has 1 saturated heterocycles. The molecule has 1 fully saturated rings. The zero-order valence-corrected chi connectivity index (χ0v) is 18.5. The highest BCUT2D eigenvalue weighted by Gasteiger charge is 2.26. The summed E-state index contributed by atoms with van der Waals surface area (Å²) in [5, 5.41) is 3.05. The first-order chi connectivity index (χ1) is 15.8. The molecule has 0 spiro atoms. The van der Waals surface area contributed by atoms with E-state index < -0.39 is 17.2 Å². The van der Waals surface area contributed by atoms with Gasteiger partial charge in [-0.2, -0.15) is 0 Å². The van der Waals surface area contributed by atoms with Crippen LogP contribution in [0.4, 0.5) is 0 Å². The van der Waals surface area contributed by atoms with E-state index in [0.717, 1.165) is 10.1 Å². The number of morpholine rings is 1. The van der Waals surface area contributed by atoms with E-state index in [9.17, 15) is 19.2 Å². The number of hydrogen-bond acceptors (Lipinski definition) is 5. The molecule has 9 heteroatoms. The summed E-state index contributed by atoms with van der Waals surface area (Å²) in [5.41, 5.74) is 0.645. The predicted molar refractivity (Wildman–Crippen MR) is 123 cm³/mol. The number of nitrogens with one attached hydrogen (secondary N) is 2. The van der Waals surface area contributed by atoms with Gasteiger partial charge in [0.25, 0.3) is 11.5 Å². The number of para-hydroxylation sites is 1. The second-order valence-electron chi connectivity index (χ2n) is 8.31. The van der Waals surface area contributed by atoms with Crippen molar-refractivity contribution in [1.82, 2.24) is 19.8 Å². The minimum absolute atomic E-state index is 0.00506. The Morgan fingerprint density at radius 3 is 2.39 bits per heavy atom. The molecule has 2 amide bonds. The van der Waals surface area contributed by atoms with E-state index in [4.69, 9.17) is 4.74 Å². The van der Waals surface area contributed by atoms with Crippen LogP contribution in [-0.4, -0.2) is 51.6 Å². The van der Waals surface area contributed by atoms with Crippen molar-refractivity contribution in [2.24, 2.45) is 0 Å². The molecule has 0 radical (unpaired) electrons. The quantitative estimate of drug-likeness (QED) is 0.608. The van der Waals surface area contributed by atoms with Crippen molar-refractivity contribution in [3.63, 3.8) is 0 Å². The topological polar surface area (TPSA) is 113 Å². The lowest BCUT2D eigenvalue weighted by atomic mass is 10.1. The van der Waals surface area contributed by atoms with E-state index in [-0.39, 0.29) is 31.2 Å². The summed E-state index contributed by atoms with van der Waals surface area (Å²) in [6.45, 7) is 4.81. The van der Waals surface area contributed by atoms with Gasteiger partial charge < -0.3 is 19.9 Å². The number of hydrogen-bond donors (Lipinski definition) is 2. The predicted octanol–water partition coefficient (Wildman–Crippen LogP) is 1.26.